The van der Waals surface area contributed by atoms with Gasteiger partial charge in [0.2, 0.25) is 0 Å². The summed E-state index contributed by atoms with van der Waals surface area (Å²) in [5.74, 6) is 1.50. The van der Waals surface area contributed by atoms with Crippen molar-refractivity contribution in [1.29, 1.82) is 0 Å². The van der Waals surface area contributed by atoms with Crippen molar-refractivity contribution >= 4 is 17.5 Å². The van der Waals surface area contributed by atoms with Crippen molar-refractivity contribution in [2.24, 2.45) is 17.3 Å². The molecule has 4 unspecified atom stereocenters. The van der Waals surface area contributed by atoms with Crippen LogP contribution >= 0.6 is 0 Å². The van der Waals surface area contributed by atoms with Gasteiger partial charge in [0.05, 0.1) is 0 Å². The monoisotopic (exact) mass is 493 g/mol. The number of carbonyl (C=O) groups is 2. The maximum atomic E-state index is 13.4. The van der Waals surface area contributed by atoms with Gasteiger partial charge in [0.15, 0.2) is 0 Å². The first kappa shape index (κ1) is 25.2. The maximum absolute atomic E-state index is 13.4. The van der Waals surface area contributed by atoms with E-state index in [1.807, 2.05) is 23.1 Å². The molecule has 196 valence electrons. The molecule has 2 aliphatic carbocycles. The second-order valence-corrected chi connectivity index (χ2v) is 11.5. The van der Waals surface area contributed by atoms with Crippen molar-refractivity contribution in [3.63, 3.8) is 0 Å². The standard InChI is InChI=1S/C29H43N5O2/c1-4-21-15-22-9-8-13-29(16-21,17-22)20-30-27(35)25-10-7-11-26-31-24(19-34(25)26)28(36)33-14-12-23(18-33)32(5-2)6-3/h7,10-11,19,21-23H,4-6,8-9,12-18,20H2,1-3H3,(H,30,35). The van der Waals surface area contributed by atoms with Gasteiger partial charge in [0.1, 0.15) is 17.0 Å². The second-order valence-electron chi connectivity index (χ2n) is 11.5. The number of likely N-dealkylation sites (tertiary alicyclic amines) is 1. The molecule has 0 radical (unpaired) electrons. The summed E-state index contributed by atoms with van der Waals surface area (Å²) in [7, 11) is 0. The van der Waals surface area contributed by atoms with Gasteiger partial charge in [-0.15, -0.1) is 0 Å². The van der Waals surface area contributed by atoms with Gasteiger partial charge in [-0.1, -0.05) is 46.1 Å². The molecule has 5 rings (SSSR count). The Hall–Kier alpha value is -2.41. The second kappa shape index (κ2) is 10.5. The average molecular weight is 494 g/mol. The Morgan fingerprint density at radius 2 is 2.00 bits per heavy atom. The molecule has 3 fully saturated rings. The van der Waals surface area contributed by atoms with E-state index in [4.69, 9.17) is 0 Å². The first-order chi connectivity index (χ1) is 17.4. The lowest BCUT2D eigenvalue weighted by molar-refractivity contribution is 0.0368. The molecule has 3 aliphatic rings. The Labute approximate surface area is 215 Å². The highest BCUT2D eigenvalue weighted by molar-refractivity contribution is 5.95. The smallest absolute Gasteiger partial charge is 0.274 e. The van der Waals surface area contributed by atoms with Gasteiger partial charge in [0, 0.05) is 31.9 Å². The van der Waals surface area contributed by atoms with Crippen LogP contribution in [0.1, 0.15) is 93.1 Å². The van der Waals surface area contributed by atoms with Crippen LogP contribution in [0.3, 0.4) is 0 Å². The van der Waals surface area contributed by atoms with Gasteiger partial charge < -0.3 is 10.2 Å². The number of hydrogen-bond acceptors (Lipinski definition) is 4. The molecule has 2 amide bonds. The van der Waals surface area contributed by atoms with Crippen molar-refractivity contribution in [3.05, 3.63) is 35.8 Å². The molecule has 4 atom stereocenters. The normalized spacial score (nSPS) is 28.1. The zero-order chi connectivity index (χ0) is 25.3. The molecule has 0 spiro atoms. The number of carbonyl (C=O) groups excluding carboxylic acids is 2. The minimum atomic E-state index is -0.0742. The summed E-state index contributed by atoms with van der Waals surface area (Å²) in [6.07, 6.45) is 11.7. The van der Waals surface area contributed by atoms with Crippen molar-refractivity contribution in [1.82, 2.24) is 24.5 Å². The Morgan fingerprint density at radius 3 is 2.78 bits per heavy atom. The number of nitrogens with zero attached hydrogens (tertiary/aromatic N) is 4. The van der Waals surface area contributed by atoms with Gasteiger partial charge in [-0.3, -0.25) is 18.9 Å². The number of imidazole rings is 1. The van der Waals surface area contributed by atoms with Gasteiger partial charge in [-0.05, 0) is 74.6 Å². The minimum absolute atomic E-state index is 0.0420. The molecular weight excluding hydrogens is 450 g/mol. The van der Waals surface area contributed by atoms with Crippen LogP contribution in [0.15, 0.2) is 24.4 Å². The number of pyridine rings is 1. The van der Waals surface area contributed by atoms with Crippen molar-refractivity contribution in [2.45, 2.75) is 78.2 Å². The van der Waals surface area contributed by atoms with Crippen LogP contribution in [0.4, 0.5) is 0 Å². The third kappa shape index (κ3) is 4.91. The molecule has 1 aliphatic heterocycles. The van der Waals surface area contributed by atoms with E-state index in [1.165, 1.54) is 44.9 Å². The van der Waals surface area contributed by atoms with E-state index < -0.39 is 0 Å². The third-order valence-corrected chi connectivity index (χ3v) is 9.35. The highest BCUT2D eigenvalue weighted by Gasteiger charge is 2.42. The molecular formula is C29H43N5O2. The Kier molecular flexibility index (Phi) is 7.38. The van der Waals surface area contributed by atoms with Crippen LogP contribution < -0.4 is 5.32 Å². The average Bonchev–Trinajstić information content (AvgIpc) is 3.55. The zero-order valence-corrected chi connectivity index (χ0v) is 22.3. The summed E-state index contributed by atoms with van der Waals surface area (Å²) in [4.78, 5) is 35.6. The van der Waals surface area contributed by atoms with Gasteiger partial charge >= 0.3 is 0 Å². The Morgan fingerprint density at radius 1 is 1.17 bits per heavy atom. The van der Waals surface area contributed by atoms with E-state index in [0.717, 1.165) is 51.0 Å². The summed E-state index contributed by atoms with van der Waals surface area (Å²) < 4.78 is 1.79. The molecule has 2 saturated carbocycles. The lowest BCUT2D eigenvalue weighted by Crippen LogP contribution is -2.45. The summed E-state index contributed by atoms with van der Waals surface area (Å²) in [6.45, 7) is 10.9. The molecule has 3 heterocycles. The number of amides is 2. The van der Waals surface area contributed by atoms with E-state index in [9.17, 15) is 9.59 Å². The van der Waals surface area contributed by atoms with Gasteiger partial charge in [-0.2, -0.15) is 0 Å². The number of likely N-dealkylation sites (N-methyl/N-ethyl adjacent to an activating group) is 1. The van der Waals surface area contributed by atoms with Crippen LogP contribution in [-0.2, 0) is 0 Å². The summed E-state index contributed by atoms with van der Waals surface area (Å²) in [5.41, 5.74) is 1.86. The lowest BCUT2D eigenvalue weighted by atomic mass is 9.58. The van der Waals surface area contributed by atoms with E-state index in [2.05, 4.69) is 36.0 Å². The number of fused-ring (bicyclic) bond motifs is 3. The molecule has 1 saturated heterocycles. The van der Waals surface area contributed by atoms with Crippen LogP contribution in [0.25, 0.3) is 5.65 Å². The number of hydrogen-bond donors (Lipinski definition) is 1. The molecule has 2 bridgehead atoms. The third-order valence-electron chi connectivity index (χ3n) is 9.35. The predicted molar refractivity (Wildman–Crippen MR) is 142 cm³/mol. The first-order valence-corrected chi connectivity index (χ1v) is 14.2. The Balaban J connectivity index is 1.29. The largest absolute Gasteiger partial charge is 0.350 e. The van der Waals surface area contributed by atoms with E-state index >= 15 is 0 Å². The van der Waals surface area contributed by atoms with Crippen molar-refractivity contribution in [2.75, 3.05) is 32.7 Å². The van der Waals surface area contributed by atoms with E-state index in [0.29, 0.717) is 23.1 Å². The molecule has 7 heteroatoms. The highest BCUT2D eigenvalue weighted by atomic mass is 16.2. The summed E-state index contributed by atoms with van der Waals surface area (Å²) >= 11 is 0. The van der Waals surface area contributed by atoms with Gasteiger partial charge in [-0.25, -0.2) is 4.98 Å². The van der Waals surface area contributed by atoms with Crippen LogP contribution in [0, 0.1) is 17.3 Å². The van der Waals surface area contributed by atoms with Crippen molar-refractivity contribution in [3.8, 4) is 0 Å². The summed E-state index contributed by atoms with van der Waals surface area (Å²) in [6, 6.07) is 5.98. The quantitative estimate of drug-likeness (QED) is 0.583. The molecule has 0 aromatic carbocycles. The summed E-state index contributed by atoms with van der Waals surface area (Å²) in [5, 5.41) is 3.29. The number of nitrogens with one attached hydrogen (secondary N) is 1. The molecule has 2 aromatic heterocycles. The SMILES string of the molecule is CCC1CC2CCCC(CNC(=O)c3cccc4nc(C(=O)N5CCC(N(CC)CC)C5)cn34)(C1)C2. The van der Waals surface area contributed by atoms with Crippen LogP contribution in [-0.4, -0.2) is 69.8 Å². The molecule has 1 N–H and O–H groups in total. The molecule has 2 aromatic rings. The molecule has 36 heavy (non-hydrogen) atoms. The fourth-order valence-corrected chi connectivity index (χ4v) is 7.46. The van der Waals surface area contributed by atoms with Crippen molar-refractivity contribution < 1.29 is 9.59 Å². The first-order valence-electron chi connectivity index (χ1n) is 14.2. The van der Waals surface area contributed by atoms with Crippen LogP contribution in [0.5, 0.6) is 0 Å². The fraction of sp³-hybridized carbons (Fsp3) is 0.690. The minimum Gasteiger partial charge on any atom is -0.350 e. The van der Waals surface area contributed by atoms with E-state index in [1.54, 1.807) is 10.6 Å². The fourth-order valence-electron chi connectivity index (χ4n) is 7.46. The van der Waals surface area contributed by atoms with Crippen LogP contribution in [0.2, 0.25) is 0 Å². The molecule has 7 nitrogen and oxygen atoms in total. The Bertz CT molecular complexity index is 1090. The lowest BCUT2D eigenvalue weighted by Gasteiger charge is -2.48. The number of aromatic nitrogens is 2. The highest BCUT2D eigenvalue weighted by Crippen LogP contribution is 2.51. The van der Waals surface area contributed by atoms with E-state index in [-0.39, 0.29) is 17.2 Å². The topological polar surface area (TPSA) is 70.0 Å². The number of rotatable bonds is 8. The predicted octanol–water partition coefficient (Wildman–Crippen LogP) is 4.62. The zero-order valence-electron chi connectivity index (χ0n) is 22.3. The maximum Gasteiger partial charge on any atom is 0.274 e. The van der Waals surface area contributed by atoms with Gasteiger partial charge in [0.25, 0.3) is 11.8 Å².